The normalized spacial score (nSPS) is 14.4. The molecule has 1 rings (SSSR count). The lowest BCUT2D eigenvalue weighted by atomic mass is 9.76. The van der Waals surface area contributed by atoms with E-state index in [4.69, 9.17) is 0 Å². The lowest BCUT2D eigenvalue weighted by Gasteiger charge is -2.29. The van der Waals surface area contributed by atoms with Crippen LogP contribution in [0.4, 0.5) is 0 Å². The minimum Gasteiger partial charge on any atom is -0.0985 e. The van der Waals surface area contributed by atoms with E-state index in [9.17, 15) is 0 Å². The minimum absolute atomic E-state index is 0.328. The Morgan fingerprint density at radius 2 is 2.06 bits per heavy atom. The van der Waals surface area contributed by atoms with Crippen molar-refractivity contribution in [1.82, 2.24) is 0 Å². The first-order valence-electron chi connectivity index (χ1n) is 6.39. The average molecular weight is 216 g/mol. The van der Waals surface area contributed by atoms with Crippen molar-refractivity contribution in [2.75, 3.05) is 0 Å². The molecule has 1 unspecified atom stereocenters. The van der Waals surface area contributed by atoms with Gasteiger partial charge in [0.05, 0.1) is 0 Å². The number of unbranched alkanes of at least 4 members (excludes halogenated alkanes) is 1. The molecule has 0 radical (unpaired) electrons. The number of hydrogen-bond donors (Lipinski definition) is 0. The molecule has 0 saturated carbocycles. The van der Waals surface area contributed by atoms with Gasteiger partial charge < -0.3 is 0 Å². The first-order chi connectivity index (χ1) is 7.66. The van der Waals surface area contributed by atoms with E-state index in [1.165, 1.54) is 36.8 Å². The zero-order chi connectivity index (χ0) is 12.0. The third kappa shape index (κ3) is 2.98. The maximum atomic E-state index is 3.84. The molecule has 16 heavy (non-hydrogen) atoms. The Morgan fingerprint density at radius 1 is 1.31 bits per heavy atom. The summed E-state index contributed by atoms with van der Waals surface area (Å²) in [5.74, 6) is 0. The third-order valence-electron chi connectivity index (χ3n) is 3.68. The third-order valence-corrected chi connectivity index (χ3v) is 3.68. The van der Waals surface area contributed by atoms with Gasteiger partial charge in [0.2, 0.25) is 0 Å². The lowest BCUT2D eigenvalue weighted by molar-refractivity contribution is 0.403. The molecular formula is C16H24. The van der Waals surface area contributed by atoms with Gasteiger partial charge in [-0.15, -0.1) is 0 Å². The summed E-state index contributed by atoms with van der Waals surface area (Å²) < 4.78 is 0. The summed E-state index contributed by atoms with van der Waals surface area (Å²) in [7, 11) is 0. The van der Waals surface area contributed by atoms with Crippen LogP contribution >= 0.6 is 0 Å². The SMILES string of the molecule is C=Cc1cccc(C(C)(CC)CCCC)c1. The van der Waals surface area contributed by atoms with Gasteiger partial charge in [0, 0.05) is 0 Å². The molecule has 0 fully saturated rings. The summed E-state index contributed by atoms with van der Waals surface area (Å²) in [6.07, 6.45) is 6.99. The van der Waals surface area contributed by atoms with Crippen molar-refractivity contribution in [2.24, 2.45) is 0 Å². The fourth-order valence-electron chi connectivity index (χ4n) is 2.13. The molecular weight excluding hydrogens is 192 g/mol. The van der Waals surface area contributed by atoms with Gasteiger partial charge in [-0.3, -0.25) is 0 Å². The highest BCUT2D eigenvalue weighted by molar-refractivity contribution is 5.49. The zero-order valence-corrected chi connectivity index (χ0v) is 10.9. The van der Waals surface area contributed by atoms with E-state index in [0.717, 1.165) is 0 Å². The van der Waals surface area contributed by atoms with Crippen LogP contribution in [0.25, 0.3) is 6.08 Å². The Kier molecular flexibility index (Phi) is 4.79. The molecule has 88 valence electrons. The van der Waals surface area contributed by atoms with Gasteiger partial charge in [-0.05, 0) is 29.4 Å². The van der Waals surface area contributed by atoms with Gasteiger partial charge in [0.15, 0.2) is 0 Å². The fraction of sp³-hybridized carbons (Fsp3) is 0.500. The van der Waals surface area contributed by atoms with E-state index in [2.05, 4.69) is 51.6 Å². The molecule has 0 spiro atoms. The van der Waals surface area contributed by atoms with Crippen LogP contribution in [0.1, 0.15) is 57.6 Å². The molecule has 0 aromatic heterocycles. The Hall–Kier alpha value is -1.04. The van der Waals surface area contributed by atoms with E-state index in [1.807, 2.05) is 6.08 Å². The first kappa shape index (κ1) is 13.0. The summed E-state index contributed by atoms with van der Waals surface area (Å²) in [4.78, 5) is 0. The monoisotopic (exact) mass is 216 g/mol. The molecule has 0 aliphatic rings. The quantitative estimate of drug-likeness (QED) is 0.614. The molecule has 0 heteroatoms. The van der Waals surface area contributed by atoms with Crippen LogP contribution < -0.4 is 0 Å². The van der Waals surface area contributed by atoms with Crippen LogP contribution in [-0.4, -0.2) is 0 Å². The van der Waals surface area contributed by atoms with Crippen molar-refractivity contribution in [3.63, 3.8) is 0 Å². The van der Waals surface area contributed by atoms with E-state index in [1.54, 1.807) is 0 Å². The van der Waals surface area contributed by atoms with Crippen molar-refractivity contribution in [1.29, 1.82) is 0 Å². The maximum Gasteiger partial charge on any atom is -0.00777 e. The molecule has 1 aromatic rings. The highest BCUT2D eigenvalue weighted by atomic mass is 14.3. The topological polar surface area (TPSA) is 0 Å². The lowest BCUT2D eigenvalue weighted by Crippen LogP contribution is -2.20. The molecule has 0 nitrogen and oxygen atoms in total. The number of benzene rings is 1. The largest absolute Gasteiger partial charge is 0.0985 e. The minimum atomic E-state index is 0.328. The van der Waals surface area contributed by atoms with Gasteiger partial charge in [-0.1, -0.05) is 70.5 Å². The Labute approximate surface area is 100 Å². The standard InChI is InChI=1S/C16H24/c1-5-8-12-16(4,7-3)15-11-9-10-14(6-2)13-15/h6,9-11,13H,2,5,7-8,12H2,1,3-4H3. The van der Waals surface area contributed by atoms with E-state index < -0.39 is 0 Å². The molecule has 0 heterocycles. The summed E-state index contributed by atoms with van der Waals surface area (Å²) in [6.45, 7) is 10.8. The van der Waals surface area contributed by atoms with Crippen LogP contribution in [0, 0.1) is 0 Å². The summed E-state index contributed by atoms with van der Waals surface area (Å²) in [5, 5.41) is 0. The van der Waals surface area contributed by atoms with Crippen LogP contribution in [0.5, 0.6) is 0 Å². The number of rotatable bonds is 6. The van der Waals surface area contributed by atoms with Crippen molar-refractivity contribution < 1.29 is 0 Å². The summed E-state index contributed by atoms with van der Waals surface area (Å²) in [5.41, 5.74) is 3.02. The van der Waals surface area contributed by atoms with Crippen molar-refractivity contribution in [2.45, 2.75) is 51.9 Å². The van der Waals surface area contributed by atoms with Crippen LogP contribution in [0.15, 0.2) is 30.8 Å². The van der Waals surface area contributed by atoms with Crippen molar-refractivity contribution in [3.05, 3.63) is 42.0 Å². The van der Waals surface area contributed by atoms with Gasteiger partial charge in [-0.2, -0.15) is 0 Å². The van der Waals surface area contributed by atoms with Crippen LogP contribution in [0.2, 0.25) is 0 Å². The van der Waals surface area contributed by atoms with Gasteiger partial charge >= 0.3 is 0 Å². The molecule has 1 aromatic carbocycles. The molecule has 0 N–H and O–H groups in total. The Morgan fingerprint density at radius 3 is 2.62 bits per heavy atom. The molecule has 0 aliphatic heterocycles. The number of hydrogen-bond acceptors (Lipinski definition) is 0. The zero-order valence-electron chi connectivity index (χ0n) is 10.9. The smallest absolute Gasteiger partial charge is 0.00777 e. The van der Waals surface area contributed by atoms with E-state index in [0.29, 0.717) is 5.41 Å². The van der Waals surface area contributed by atoms with E-state index >= 15 is 0 Å². The van der Waals surface area contributed by atoms with E-state index in [-0.39, 0.29) is 0 Å². The maximum absolute atomic E-state index is 3.84. The first-order valence-corrected chi connectivity index (χ1v) is 6.39. The van der Waals surface area contributed by atoms with Gasteiger partial charge in [0.25, 0.3) is 0 Å². The summed E-state index contributed by atoms with van der Waals surface area (Å²) >= 11 is 0. The predicted molar refractivity (Wildman–Crippen MR) is 73.7 cm³/mol. The van der Waals surface area contributed by atoms with Crippen molar-refractivity contribution >= 4 is 6.08 Å². The van der Waals surface area contributed by atoms with Gasteiger partial charge in [-0.25, -0.2) is 0 Å². The van der Waals surface area contributed by atoms with Crippen LogP contribution in [-0.2, 0) is 5.41 Å². The Balaban J connectivity index is 2.96. The predicted octanol–water partition coefficient (Wildman–Crippen LogP) is 5.19. The second-order valence-electron chi connectivity index (χ2n) is 4.85. The molecule has 1 atom stereocenters. The second kappa shape index (κ2) is 5.89. The molecule has 0 amide bonds. The molecule has 0 bridgehead atoms. The molecule has 0 aliphatic carbocycles. The summed E-state index contributed by atoms with van der Waals surface area (Å²) in [6, 6.07) is 8.80. The van der Waals surface area contributed by atoms with Gasteiger partial charge in [0.1, 0.15) is 0 Å². The second-order valence-corrected chi connectivity index (χ2v) is 4.85. The molecule has 0 saturated heterocycles. The Bertz CT molecular complexity index is 338. The van der Waals surface area contributed by atoms with Crippen LogP contribution in [0.3, 0.4) is 0 Å². The highest BCUT2D eigenvalue weighted by Crippen LogP contribution is 2.33. The highest BCUT2D eigenvalue weighted by Gasteiger charge is 2.23. The average Bonchev–Trinajstić information content (AvgIpc) is 2.36. The fourth-order valence-corrected chi connectivity index (χ4v) is 2.13. The van der Waals surface area contributed by atoms with Crippen molar-refractivity contribution in [3.8, 4) is 0 Å².